The van der Waals surface area contributed by atoms with Crippen LogP contribution in [0, 0.1) is 17.1 Å². The SMILES string of the molecule is N#Cc1cccc(S(=O)(=O)Nc2cc(Br)ccc2F)c1. The lowest BCUT2D eigenvalue weighted by Gasteiger charge is -2.09. The van der Waals surface area contributed by atoms with Crippen LogP contribution < -0.4 is 4.72 Å². The third-order valence-electron chi connectivity index (χ3n) is 2.45. The smallest absolute Gasteiger partial charge is 0.262 e. The maximum atomic E-state index is 13.6. The lowest BCUT2D eigenvalue weighted by Crippen LogP contribution is -2.14. The third kappa shape index (κ3) is 3.15. The first-order chi connectivity index (χ1) is 9.42. The van der Waals surface area contributed by atoms with Gasteiger partial charge >= 0.3 is 0 Å². The van der Waals surface area contributed by atoms with Crippen LogP contribution in [-0.4, -0.2) is 8.42 Å². The van der Waals surface area contributed by atoms with Gasteiger partial charge < -0.3 is 0 Å². The van der Waals surface area contributed by atoms with Crippen LogP contribution in [-0.2, 0) is 10.0 Å². The molecule has 2 aromatic carbocycles. The van der Waals surface area contributed by atoms with E-state index in [1.165, 1.54) is 36.4 Å². The number of benzene rings is 2. The van der Waals surface area contributed by atoms with Crippen LogP contribution >= 0.6 is 15.9 Å². The number of halogens is 2. The van der Waals surface area contributed by atoms with Crippen LogP contribution in [0.1, 0.15) is 5.56 Å². The number of sulfonamides is 1. The summed E-state index contributed by atoms with van der Waals surface area (Å²) in [5.41, 5.74) is 0.0457. The van der Waals surface area contributed by atoms with Gasteiger partial charge in [-0.2, -0.15) is 5.26 Å². The molecule has 0 unspecified atom stereocenters. The molecule has 0 aliphatic rings. The number of hydrogen-bond acceptors (Lipinski definition) is 3. The minimum Gasteiger partial charge on any atom is -0.277 e. The van der Waals surface area contributed by atoms with Crippen LogP contribution in [0.15, 0.2) is 51.8 Å². The molecule has 0 aromatic heterocycles. The summed E-state index contributed by atoms with van der Waals surface area (Å²) in [4.78, 5) is -0.101. The van der Waals surface area contributed by atoms with Crippen LogP contribution in [0.4, 0.5) is 10.1 Å². The highest BCUT2D eigenvalue weighted by molar-refractivity contribution is 9.10. The van der Waals surface area contributed by atoms with E-state index in [1.807, 2.05) is 6.07 Å². The Bertz CT molecular complexity index is 800. The Labute approximate surface area is 124 Å². The highest BCUT2D eigenvalue weighted by Crippen LogP contribution is 2.23. The Morgan fingerprint density at radius 3 is 2.65 bits per heavy atom. The topological polar surface area (TPSA) is 70.0 Å². The van der Waals surface area contributed by atoms with Gasteiger partial charge in [0.25, 0.3) is 10.0 Å². The monoisotopic (exact) mass is 354 g/mol. The van der Waals surface area contributed by atoms with Crippen LogP contribution in [0.3, 0.4) is 0 Å². The second kappa shape index (κ2) is 5.61. The molecule has 0 spiro atoms. The van der Waals surface area contributed by atoms with Crippen molar-refractivity contribution in [2.45, 2.75) is 4.90 Å². The molecule has 7 heteroatoms. The van der Waals surface area contributed by atoms with Gasteiger partial charge in [0.2, 0.25) is 0 Å². The van der Waals surface area contributed by atoms with Gasteiger partial charge in [-0.3, -0.25) is 4.72 Å². The molecule has 0 radical (unpaired) electrons. The lowest BCUT2D eigenvalue weighted by molar-refractivity contribution is 0.598. The minimum atomic E-state index is -3.95. The highest BCUT2D eigenvalue weighted by Gasteiger charge is 2.16. The molecule has 0 atom stereocenters. The zero-order chi connectivity index (χ0) is 14.8. The van der Waals surface area contributed by atoms with Crippen molar-refractivity contribution in [2.75, 3.05) is 4.72 Å². The lowest BCUT2D eigenvalue weighted by atomic mass is 10.2. The average molecular weight is 355 g/mol. The van der Waals surface area contributed by atoms with Crippen molar-refractivity contribution in [3.63, 3.8) is 0 Å². The first kappa shape index (κ1) is 14.5. The van der Waals surface area contributed by atoms with Gasteiger partial charge in [0.15, 0.2) is 0 Å². The van der Waals surface area contributed by atoms with E-state index in [0.29, 0.717) is 4.47 Å². The molecule has 0 saturated heterocycles. The van der Waals surface area contributed by atoms with Crippen LogP contribution in [0.5, 0.6) is 0 Å². The van der Waals surface area contributed by atoms with Crippen molar-refractivity contribution < 1.29 is 12.8 Å². The van der Waals surface area contributed by atoms with Crippen molar-refractivity contribution in [3.8, 4) is 6.07 Å². The van der Waals surface area contributed by atoms with Crippen molar-refractivity contribution in [2.24, 2.45) is 0 Å². The van der Waals surface area contributed by atoms with Crippen molar-refractivity contribution in [1.82, 2.24) is 0 Å². The van der Waals surface area contributed by atoms with E-state index < -0.39 is 15.8 Å². The molecular weight excluding hydrogens is 347 g/mol. The molecule has 0 bridgehead atoms. The molecule has 4 nitrogen and oxygen atoms in total. The van der Waals surface area contributed by atoms with Gasteiger partial charge in [0, 0.05) is 4.47 Å². The second-order valence-electron chi connectivity index (χ2n) is 3.87. The molecule has 2 aromatic rings. The molecule has 0 aliphatic carbocycles. The standard InChI is InChI=1S/C13H8BrFN2O2S/c14-10-4-5-12(15)13(7-10)17-20(18,19)11-3-1-2-9(6-11)8-16/h1-7,17H. The van der Waals surface area contributed by atoms with E-state index in [-0.39, 0.29) is 16.1 Å². The summed E-state index contributed by atoms with van der Waals surface area (Å²) < 4.78 is 40.5. The number of anilines is 1. The third-order valence-corrected chi connectivity index (χ3v) is 4.30. The number of nitrogens with one attached hydrogen (secondary N) is 1. The second-order valence-corrected chi connectivity index (χ2v) is 6.47. The van der Waals surface area contributed by atoms with Gasteiger partial charge in [0.1, 0.15) is 5.82 Å². The quantitative estimate of drug-likeness (QED) is 0.919. The number of hydrogen-bond donors (Lipinski definition) is 1. The first-order valence-electron chi connectivity index (χ1n) is 5.40. The minimum absolute atomic E-state index is 0.101. The van der Waals surface area contributed by atoms with E-state index >= 15 is 0 Å². The summed E-state index contributed by atoms with van der Waals surface area (Å²) in [6.45, 7) is 0. The van der Waals surface area contributed by atoms with E-state index in [9.17, 15) is 12.8 Å². The highest BCUT2D eigenvalue weighted by atomic mass is 79.9. The Morgan fingerprint density at radius 2 is 1.95 bits per heavy atom. The summed E-state index contributed by atoms with van der Waals surface area (Å²) in [5, 5.41) is 8.77. The van der Waals surface area contributed by atoms with Crippen molar-refractivity contribution in [1.29, 1.82) is 5.26 Å². The fourth-order valence-corrected chi connectivity index (χ4v) is 2.98. The zero-order valence-corrected chi connectivity index (χ0v) is 12.4. The summed E-state index contributed by atoms with van der Waals surface area (Å²) >= 11 is 3.14. The molecule has 0 fully saturated rings. The van der Waals surface area contributed by atoms with E-state index in [2.05, 4.69) is 20.7 Å². The summed E-state index contributed by atoms with van der Waals surface area (Å²) in [7, 11) is -3.95. The predicted molar refractivity (Wildman–Crippen MR) is 76.1 cm³/mol. The van der Waals surface area contributed by atoms with Crippen molar-refractivity contribution >= 4 is 31.6 Å². The Balaban J connectivity index is 2.41. The van der Waals surface area contributed by atoms with Crippen LogP contribution in [0.2, 0.25) is 0 Å². The maximum Gasteiger partial charge on any atom is 0.262 e. The summed E-state index contributed by atoms with van der Waals surface area (Å²) in [6.07, 6.45) is 0. The molecule has 0 amide bonds. The summed E-state index contributed by atoms with van der Waals surface area (Å²) in [6, 6.07) is 11.3. The Morgan fingerprint density at radius 1 is 1.20 bits per heavy atom. The molecular formula is C13H8BrFN2O2S. The van der Waals surface area contributed by atoms with E-state index in [0.717, 1.165) is 6.07 Å². The number of nitrogens with zero attached hydrogens (tertiary/aromatic N) is 1. The normalized spacial score (nSPS) is 10.8. The first-order valence-corrected chi connectivity index (χ1v) is 7.68. The molecule has 20 heavy (non-hydrogen) atoms. The Kier molecular flexibility index (Phi) is 4.06. The molecule has 0 heterocycles. The van der Waals surface area contributed by atoms with E-state index in [1.54, 1.807) is 0 Å². The Hall–Kier alpha value is -1.91. The maximum absolute atomic E-state index is 13.6. The zero-order valence-electron chi connectivity index (χ0n) is 9.97. The molecule has 2 rings (SSSR count). The van der Waals surface area contributed by atoms with Gasteiger partial charge in [-0.15, -0.1) is 0 Å². The largest absolute Gasteiger partial charge is 0.277 e. The number of nitriles is 1. The number of rotatable bonds is 3. The van der Waals surface area contributed by atoms with E-state index in [4.69, 9.17) is 5.26 Å². The fourth-order valence-electron chi connectivity index (χ4n) is 1.51. The van der Waals surface area contributed by atoms with Gasteiger partial charge in [-0.05, 0) is 36.4 Å². The summed E-state index contributed by atoms with van der Waals surface area (Å²) in [5.74, 6) is -0.687. The van der Waals surface area contributed by atoms with Gasteiger partial charge in [0.05, 0.1) is 22.2 Å². The molecule has 1 N–H and O–H groups in total. The predicted octanol–water partition coefficient (Wildman–Crippen LogP) is 3.26. The molecule has 0 saturated carbocycles. The molecule has 0 aliphatic heterocycles. The van der Waals surface area contributed by atoms with Crippen molar-refractivity contribution in [3.05, 3.63) is 58.3 Å². The molecule has 102 valence electrons. The fraction of sp³-hybridized carbons (Fsp3) is 0. The van der Waals surface area contributed by atoms with Gasteiger partial charge in [-0.1, -0.05) is 22.0 Å². The van der Waals surface area contributed by atoms with Crippen LogP contribution in [0.25, 0.3) is 0 Å². The average Bonchev–Trinajstić information content (AvgIpc) is 2.43. The van der Waals surface area contributed by atoms with Gasteiger partial charge in [-0.25, -0.2) is 12.8 Å².